The maximum atomic E-state index is 12.1. The minimum Gasteiger partial charge on any atom is -0.465 e. The summed E-state index contributed by atoms with van der Waals surface area (Å²) in [4.78, 5) is 16.3. The van der Waals surface area contributed by atoms with Crippen molar-refractivity contribution < 1.29 is 9.53 Å². The summed E-state index contributed by atoms with van der Waals surface area (Å²) in [6.07, 6.45) is 4.50. The van der Waals surface area contributed by atoms with Crippen molar-refractivity contribution in [3.8, 4) is 0 Å². The Morgan fingerprint density at radius 3 is 2.78 bits per heavy atom. The zero-order valence-corrected chi connectivity index (χ0v) is 11.7. The summed E-state index contributed by atoms with van der Waals surface area (Å²) in [5.41, 5.74) is -0.713. The second kappa shape index (κ2) is 6.54. The second-order valence-corrected chi connectivity index (χ2v) is 4.41. The number of likely N-dealkylation sites (N-methyl/N-ethyl adjacent to an activating group) is 1. The molecule has 1 unspecified atom stereocenters. The fourth-order valence-corrected chi connectivity index (χ4v) is 2.01. The number of hydrogen-bond acceptors (Lipinski definition) is 4. The van der Waals surface area contributed by atoms with Crippen LogP contribution in [0.4, 0.5) is 0 Å². The van der Waals surface area contributed by atoms with Crippen molar-refractivity contribution in [3.05, 3.63) is 18.2 Å². The van der Waals surface area contributed by atoms with Crippen LogP contribution in [0, 0.1) is 0 Å². The normalized spacial score (nSPS) is 14.2. The summed E-state index contributed by atoms with van der Waals surface area (Å²) in [5.74, 6) is 0.756. The van der Waals surface area contributed by atoms with E-state index in [1.807, 2.05) is 38.5 Å². The molecular weight excluding hydrogens is 230 g/mol. The molecule has 0 aliphatic heterocycles. The van der Waals surface area contributed by atoms with Gasteiger partial charge in [0.2, 0.25) is 0 Å². The van der Waals surface area contributed by atoms with Gasteiger partial charge >= 0.3 is 5.97 Å². The molecule has 18 heavy (non-hydrogen) atoms. The Labute approximate surface area is 109 Å². The van der Waals surface area contributed by atoms with Crippen LogP contribution in [-0.4, -0.2) is 34.2 Å². The fraction of sp³-hybridized carbons (Fsp3) is 0.692. The molecule has 0 saturated heterocycles. The van der Waals surface area contributed by atoms with Crippen LogP contribution in [0.2, 0.25) is 0 Å². The van der Waals surface area contributed by atoms with Crippen LogP contribution in [0.1, 0.15) is 33.5 Å². The lowest BCUT2D eigenvalue weighted by atomic mass is 10.0. The lowest BCUT2D eigenvalue weighted by Crippen LogP contribution is -2.53. The van der Waals surface area contributed by atoms with Gasteiger partial charge in [0.05, 0.1) is 13.2 Å². The Morgan fingerprint density at radius 1 is 1.50 bits per heavy atom. The SMILES string of the molecule is CCNC(C)(Cn1ccnc1CC)C(=O)OCC. The molecule has 0 bridgehead atoms. The zero-order chi connectivity index (χ0) is 13.6. The van der Waals surface area contributed by atoms with Crippen LogP contribution < -0.4 is 5.32 Å². The Balaban J connectivity index is 2.88. The van der Waals surface area contributed by atoms with Crippen molar-refractivity contribution in [1.29, 1.82) is 0 Å². The number of aryl methyl sites for hydroxylation is 1. The molecule has 0 spiro atoms. The summed E-state index contributed by atoms with van der Waals surface area (Å²) in [6, 6.07) is 0. The molecule has 0 amide bonds. The molecule has 0 aliphatic carbocycles. The smallest absolute Gasteiger partial charge is 0.327 e. The van der Waals surface area contributed by atoms with E-state index in [0.717, 1.165) is 12.2 Å². The van der Waals surface area contributed by atoms with Gasteiger partial charge in [0.1, 0.15) is 11.4 Å². The first-order chi connectivity index (χ1) is 8.57. The van der Waals surface area contributed by atoms with E-state index in [1.54, 1.807) is 6.20 Å². The average Bonchev–Trinajstić information content (AvgIpc) is 2.76. The zero-order valence-electron chi connectivity index (χ0n) is 11.7. The van der Waals surface area contributed by atoms with Crippen molar-refractivity contribution in [2.75, 3.05) is 13.2 Å². The predicted octanol–water partition coefficient (Wildman–Crippen LogP) is 1.38. The van der Waals surface area contributed by atoms with Gasteiger partial charge in [-0.3, -0.25) is 0 Å². The average molecular weight is 253 g/mol. The van der Waals surface area contributed by atoms with Gasteiger partial charge in [0.25, 0.3) is 0 Å². The molecule has 0 saturated carbocycles. The monoisotopic (exact) mass is 253 g/mol. The number of carbonyl (C=O) groups is 1. The van der Waals surface area contributed by atoms with E-state index in [4.69, 9.17) is 4.74 Å². The number of imidazole rings is 1. The highest BCUT2D eigenvalue weighted by Crippen LogP contribution is 2.12. The third-order valence-electron chi connectivity index (χ3n) is 2.90. The van der Waals surface area contributed by atoms with Crippen LogP contribution >= 0.6 is 0 Å². The van der Waals surface area contributed by atoms with Gasteiger partial charge in [-0.2, -0.15) is 0 Å². The number of ether oxygens (including phenoxy) is 1. The highest BCUT2D eigenvalue weighted by molar-refractivity contribution is 5.80. The largest absolute Gasteiger partial charge is 0.465 e. The van der Waals surface area contributed by atoms with Gasteiger partial charge in [-0.05, 0) is 20.4 Å². The molecule has 0 radical (unpaired) electrons. The van der Waals surface area contributed by atoms with Crippen LogP contribution in [0.5, 0.6) is 0 Å². The van der Waals surface area contributed by atoms with Crippen molar-refractivity contribution >= 4 is 5.97 Å². The first-order valence-corrected chi connectivity index (χ1v) is 6.49. The molecule has 102 valence electrons. The highest BCUT2D eigenvalue weighted by Gasteiger charge is 2.34. The van der Waals surface area contributed by atoms with Crippen LogP contribution in [-0.2, 0) is 22.5 Å². The highest BCUT2D eigenvalue weighted by atomic mass is 16.5. The summed E-state index contributed by atoms with van der Waals surface area (Å²) in [5, 5.41) is 3.21. The molecule has 1 atom stereocenters. The molecule has 5 nitrogen and oxygen atoms in total. The molecule has 1 N–H and O–H groups in total. The van der Waals surface area contributed by atoms with Gasteiger partial charge in [-0.25, -0.2) is 9.78 Å². The minimum absolute atomic E-state index is 0.220. The molecular formula is C13H23N3O2. The molecule has 0 aromatic carbocycles. The number of esters is 1. The quantitative estimate of drug-likeness (QED) is 0.746. The van der Waals surface area contributed by atoms with E-state index in [9.17, 15) is 4.79 Å². The maximum Gasteiger partial charge on any atom is 0.327 e. The van der Waals surface area contributed by atoms with Crippen molar-refractivity contribution in [3.63, 3.8) is 0 Å². The molecule has 1 heterocycles. The van der Waals surface area contributed by atoms with E-state index >= 15 is 0 Å². The number of carbonyl (C=O) groups excluding carboxylic acids is 1. The van der Waals surface area contributed by atoms with E-state index in [0.29, 0.717) is 19.7 Å². The Morgan fingerprint density at radius 2 is 2.22 bits per heavy atom. The Bertz CT molecular complexity index is 389. The van der Waals surface area contributed by atoms with E-state index < -0.39 is 5.54 Å². The van der Waals surface area contributed by atoms with Crippen molar-refractivity contribution in [1.82, 2.24) is 14.9 Å². The third-order valence-corrected chi connectivity index (χ3v) is 2.90. The molecule has 0 aliphatic rings. The third kappa shape index (κ3) is 3.32. The predicted molar refractivity (Wildman–Crippen MR) is 70.3 cm³/mol. The number of rotatable bonds is 7. The van der Waals surface area contributed by atoms with E-state index in [2.05, 4.69) is 10.3 Å². The van der Waals surface area contributed by atoms with Gasteiger partial charge in [0.15, 0.2) is 0 Å². The first-order valence-electron chi connectivity index (χ1n) is 6.49. The lowest BCUT2D eigenvalue weighted by Gasteiger charge is -2.29. The lowest BCUT2D eigenvalue weighted by molar-refractivity contribution is -0.151. The summed E-state index contributed by atoms with van der Waals surface area (Å²) < 4.78 is 7.15. The molecule has 1 aromatic rings. The number of hydrogen-bond donors (Lipinski definition) is 1. The topological polar surface area (TPSA) is 56.2 Å². The summed E-state index contributed by atoms with van der Waals surface area (Å²) >= 11 is 0. The summed E-state index contributed by atoms with van der Waals surface area (Å²) in [7, 11) is 0. The minimum atomic E-state index is -0.713. The molecule has 1 aromatic heterocycles. The van der Waals surface area contributed by atoms with Gasteiger partial charge in [-0.15, -0.1) is 0 Å². The van der Waals surface area contributed by atoms with Crippen LogP contribution in [0.25, 0.3) is 0 Å². The molecule has 1 rings (SSSR count). The number of nitrogens with one attached hydrogen (secondary N) is 1. The van der Waals surface area contributed by atoms with Gasteiger partial charge in [-0.1, -0.05) is 13.8 Å². The van der Waals surface area contributed by atoms with Crippen LogP contribution in [0.15, 0.2) is 12.4 Å². The van der Waals surface area contributed by atoms with Gasteiger partial charge < -0.3 is 14.6 Å². The first kappa shape index (κ1) is 14.7. The van der Waals surface area contributed by atoms with Crippen molar-refractivity contribution in [2.24, 2.45) is 0 Å². The Hall–Kier alpha value is -1.36. The Kier molecular flexibility index (Phi) is 5.34. The maximum absolute atomic E-state index is 12.1. The van der Waals surface area contributed by atoms with Gasteiger partial charge in [0, 0.05) is 18.8 Å². The summed E-state index contributed by atoms with van der Waals surface area (Å²) in [6.45, 7) is 9.35. The van der Waals surface area contributed by atoms with E-state index in [-0.39, 0.29) is 5.97 Å². The van der Waals surface area contributed by atoms with Crippen molar-refractivity contribution in [2.45, 2.75) is 46.2 Å². The standard InChI is InChI=1S/C13H23N3O2/c1-5-11-14-8-9-16(11)10-13(4,15-6-2)12(17)18-7-3/h8-9,15H,5-7,10H2,1-4H3. The van der Waals surface area contributed by atoms with Crippen LogP contribution in [0.3, 0.4) is 0 Å². The molecule has 0 fully saturated rings. The molecule has 5 heteroatoms. The fourth-order valence-electron chi connectivity index (χ4n) is 2.01. The second-order valence-electron chi connectivity index (χ2n) is 4.41. The van der Waals surface area contributed by atoms with E-state index in [1.165, 1.54) is 0 Å². The number of nitrogens with zero attached hydrogens (tertiary/aromatic N) is 2. The number of aromatic nitrogens is 2.